The van der Waals surface area contributed by atoms with E-state index in [1.807, 2.05) is 22.9 Å². The third kappa shape index (κ3) is 3.62. The van der Waals surface area contributed by atoms with Crippen LogP contribution in [0.25, 0.3) is 10.9 Å². The standard InChI is InChI=1S/C26H28N6O3/c1-34-22-14-17-13-19(26(33)27-20(17)15-23(22)35-2)24(31-12-11-16-7-3-6-10-21(16)31)25-28-29-30-32(25)18-8-4-5-9-18/h3,6-7,10,13-15,18,24H,4-5,8-9,11-12H2,1-2H3,(H,27,33)/t24-/m0/s1. The van der Waals surface area contributed by atoms with Crippen LogP contribution in [0.1, 0.15) is 54.7 Å². The van der Waals surface area contributed by atoms with Crippen LogP contribution in [0.15, 0.2) is 47.3 Å². The summed E-state index contributed by atoms with van der Waals surface area (Å²) in [5.41, 5.74) is 3.51. The Hall–Kier alpha value is -3.88. The van der Waals surface area contributed by atoms with Crippen LogP contribution in [0.5, 0.6) is 11.5 Å². The van der Waals surface area contributed by atoms with E-state index in [0.717, 1.165) is 36.9 Å². The number of tetrazole rings is 1. The van der Waals surface area contributed by atoms with E-state index in [2.05, 4.69) is 43.6 Å². The maximum absolute atomic E-state index is 13.6. The normalized spacial score (nSPS) is 16.6. The first-order valence-electron chi connectivity index (χ1n) is 12.1. The van der Waals surface area contributed by atoms with Gasteiger partial charge in [-0.05, 0) is 53.5 Å². The molecule has 4 aromatic rings. The van der Waals surface area contributed by atoms with Crippen molar-refractivity contribution in [2.45, 2.75) is 44.2 Å². The Morgan fingerprint density at radius 1 is 1.06 bits per heavy atom. The van der Waals surface area contributed by atoms with Crippen LogP contribution < -0.4 is 19.9 Å². The summed E-state index contributed by atoms with van der Waals surface area (Å²) < 4.78 is 12.9. The third-order valence-corrected chi connectivity index (χ3v) is 7.34. The molecule has 6 rings (SSSR count). The van der Waals surface area contributed by atoms with E-state index < -0.39 is 6.04 Å². The Morgan fingerprint density at radius 2 is 1.83 bits per heavy atom. The van der Waals surface area contributed by atoms with Gasteiger partial charge in [0, 0.05) is 29.2 Å². The summed E-state index contributed by atoms with van der Waals surface area (Å²) in [7, 11) is 3.19. The van der Waals surface area contributed by atoms with Crippen LogP contribution in [0.4, 0.5) is 5.69 Å². The first kappa shape index (κ1) is 21.6. The molecule has 1 aliphatic heterocycles. The molecule has 0 saturated heterocycles. The number of para-hydroxylation sites is 1. The van der Waals surface area contributed by atoms with E-state index in [1.165, 1.54) is 18.4 Å². The summed E-state index contributed by atoms with van der Waals surface area (Å²) in [5, 5.41) is 13.8. The van der Waals surface area contributed by atoms with Crippen LogP contribution >= 0.6 is 0 Å². The molecule has 2 aromatic heterocycles. The number of nitrogens with zero attached hydrogens (tertiary/aromatic N) is 5. The van der Waals surface area contributed by atoms with Gasteiger partial charge in [-0.2, -0.15) is 0 Å². The molecule has 0 spiro atoms. The van der Waals surface area contributed by atoms with Crippen LogP contribution in [-0.2, 0) is 6.42 Å². The number of anilines is 1. The van der Waals surface area contributed by atoms with Crippen molar-refractivity contribution < 1.29 is 9.47 Å². The Bertz CT molecular complexity index is 1440. The predicted octanol–water partition coefficient (Wildman–Crippen LogP) is 3.80. The molecular weight excluding hydrogens is 444 g/mol. The zero-order valence-corrected chi connectivity index (χ0v) is 19.9. The van der Waals surface area contributed by atoms with Gasteiger partial charge in [0.1, 0.15) is 6.04 Å². The second-order valence-corrected chi connectivity index (χ2v) is 9.24. The lowest BCUT2D eigenvalue weighted by molar-refractivity contribution is 0.356. The average molecular weight is 473 g/mol. The summed E-state index contributed by atoms with van der Waals surface area (Å²) >= 11 is 0. The highest BCUT2D eigenvalue weighted by molar-refractivity contribution is 5.83. The molecule has 0 amide bonds. The molecule has 2 aromatic carbocycles. The lowest BCUT2D eigenvalue weighted by atomic mass is 10.0. The van der Waals surface area contributed by atoms with Gasteiger partial charge in [0.05, 0.1) is 25.8 Å². The topological polar surface area (TPSA) is 98.2 Å². The maximum Gasteiger partial charge on any atom is 0.254 e. The van der Waals surface area contributed by atoms with Crippen molar-refractivity contribution in [1.82, 2.24) is 25.2 Å². The summed E-state index contributed by atoms with van der Waals surface area (Å²) in [6.45, 7) is 0.783. The van der Waals surface area contributed by atoms with Crippen molar-refractivity contribution in [2.24, 2.45) is 0 Å². The van der Waals surface area contributed by atoms with Gasteiger partial charge in [0.25, 0.3) is 5.56 Å². The number of rotatable bonds is 6. The first-order chi connectivity index (χ1) is 17.2. The smallest absolute Gasteiger partial charge is 0.254 e. The molecule has 1 fully saturated rings. The molecule has 1 N–H and O–H groups in total. The van der Waals surface area contributed by atoms with E-state index >= 15 is 0 Å². The third-order valence-electron chi connectivity index (χ3n) is 7.34. The van der Waals surface area contributed by atoms with Crippen molar-refractivity contribution in [3.8, 4) is 11.5 Å². The van der Waals surface area contributed by atoms with E-state index in [0.29, 0.717) is 28.4 Å². The van der Waals surface area contributed by atoms with Crippen LogP contribution in [0.3, 0.4) is 0 Å². The summed E-state index contributed by atoms with van der Waals surface area (Å²) in [5.74, 6) is 1.88. The van der Waals surface area contributed by atoms with Gasteiger partial charge in [-0.25, -0.2) is 4.68 Å². The van der Waals surface area contributed by atoms with Crippen molar-refractivity contribution in [1.29, 1.82) is 0 Å². The number of benzene rings is 2. The molecular formula is C26H28N6O3. The Kier molecular flexibility index (Phi) is 5.39. The molecule has 3 heterocycles. The molecule has 180 valence electrons. The minimum absolute atomic E-state index is 0.167. The number of aromatic amines is 1. The fourth-order valence-electron chi connectivity index (χ4n) is 5.62. The fraction of sp³-hybridized carbons (Fsp3) is 0.385. The summed E-state index contributed by atoms with van der Waals surface area (Å²) in [6, 6.07) is 13.8. The molecule has 1 atom stereocenters. The highest BCUT2D eigenvalue weighted by Crippen LogP contribution is 2.40. The summed E-state index contributed by atoms with van der Waals surface area (Å²) in [6.07, 6.45) is 5.34. The second kappa shape index (κ2) is 8.72. The van der Waals surface area contributed by atoms with Crippen LogP contribution in [0.2, 0.25) is 0 Å². The molecule has 2 aliphatic rings. The Morgan fingerprint density at radius 3 is 2.63 bits per heavy atom. The van der Waals surface area contributed by atoms with Gasteiger partial charge in [-0.15, -0.1) is 5.10 Å². The highest BCUT2D eigenvalue weighted by Gasteiger charge is 2.36. The second-order valence-electron chi connectivity index (χ2n) is 9.24. The number of nitrogens with one attached hydrogen (secondary N) is 1. The quantitative estimate of drug-likeness (QED) is 0.456. The Labute approximate surface area is 202 Å². The molecule has 0 unspecified atom stereocenters. The molecule has 0 radical (unpaired) electrons. The molecule has 0 bridgehead atoms. The zero-order valence-electron chi connectivity index (χ0n) is 19.9. The van der Waals surface area contributed by atoms with E-state index in [4.69, 9.17) is 9.47 Å². The lowest BCUT2D eigenvalue weighted by Crippen LogP contribution is -2.34. The number of pyridine rings is 1. The molecule has 1 saturated carbocycles. The monoisotopic (exact) mass is 472 g/mol. The number of ether oxygens (including phenoxy) is 2. The van der Waals surface area contributed by atoms with Crippen LogP contribution in [-0.4, -0.2) is 46.0 Å². The van der Waals surface area contributed by atoms with Crippen molar-refractivity contribution in [3.63, 3.8) is 0 Å². The van der Waals surface area contributed by atoms with Crippen molar-refractivity contribution in [2.75, 3.05) is 25.7 Å². The lowest BCUT2D eigenvalue weighted by Gasteiger charge is -2.30. The van der Waals surface area contributed by atoms with Gasteiger partial charge in [0.2, 0.25) is 0 Å². The molecule has 35 heavy (non-hydrogen) atoms. The number of H-pyrrole nitrogens is 1. The van der Waals surface area contributed by atoms with Crippen molar-refractivity contribution >= 4 is 16.6 Å². The Balaban J connectivity index is 1.55. The predicted molar refractivity (Wildman–Crippen MR) is 132 cm³/mol. The fourth-order valence-corrected chi connectivity index (χ4v) is 5.62. The number of hydrogen-bond donors (Lipinski definition) is 1. The average Bonchev–Trinajstić information content (AvgIpc) is 3.65. The van der Waals surface area contributed by atoms with Gasteiger partial charge in [0.15, 0.2) is 17.3 Å². The largest absolute Gasteiger partial charge is 0.493 e. The van der Waals surface area contributed by atoms with Gasteiger partial charge >= 0.3 is 0 Å². The molecule has 1 aliphatic carbocycles. The number of fused-ring (bicyclic) bond motifs is 2. The van der Waals surface area contributed by atoms with Crippen molar-refractivity contribution in [3.05, 3.63) is 69.8 Å². The molecule has 9 nitrogen and oxygen atoms in total. The van der Waals surface area contributed by atoms with E-state index in [-0.39, 0.29) is 11.6 Å². The highest BCUT2D eigenvalue weighted by atomic mass is 16.5. The minimum Gasteiger partial charge on any atom is -0.493 e. The van der Waals surface area contributed by atoms with Gasteiger partial charge in [-0.1, -0.05) is 31.0 Å². The van der Waals surface area contributed by atoms with Gasteiger partial charge < -0.3 is 19.4 Å². The molecule has 9 heteroatoms. The SMILES string of the molecule is COc1cc2cc([C@@H](c3nnnn3C3CCCC3)N3CCc4ccccc43)c(=O)[nH]c2cc1OC. The number of aromatic nitrogens is 5. The minimum atomic E-state index is -0.421. The van der Waals surface area contributed by atoms with E-state index in [1.54, 1.807) is 20.3 Å². The summed E-state index contributed by atoms with van der Waals surface area (Å²) in [4.78, 5) is 18.9. The number of hydrogen-bond acceptors (Lipinski definition) is 7. The maximum atomic E-state index is 13.6. The van der Waals surface area contributed by atoms with Crippen LogP contribution in [0, 0.1) is 0 Å². The zero-order chi connectivity index (χ0) is 23.9. The number of methoxy groups -OCH3 is 2. The van der Waals surface area contributed by atoms with E-state index in [9.17, 15) is 4.79 Å². The first-order valence-corrected chi connectivity index (χ1v) is 12.1. The van der Waals surface area contributed by atoms with Gasteiger partial charge in [-0.3, -0.25) is 4.79 Å².